The largest absolute Gasteiger partial charge is 0.394 e. The Morgan fingerprint density at radius 1 is 0.886 bits per heavy atom. The highest BCUT2D eigenvalue weighted by Gasteiger charge is 2.77. The van der Waals surface area contributed by atoms with Crippen molar-refractivity contribution < 1.29 is 24.2 Å². The van der Waals surface area contributed by atoms with Crippen LogP contribution in [0, 0.1) is 11.8 Å². The van der Waals surface area contributed by atoms with E-state index in [4.69, 9.17) is 4.74 Å². The minimum atomic E-state index is -1.25. The maximum atomic E-state index is 14.5. The van der Waals surface area contributed by atoms with E-state index < -0.39 is 41.5 Å². The van der Waals surface area contributed by atoms with Gasteiger partial charge in [0.15, 0.2) is 0 Å². The van der Waals surface area contributed by atoms with Crippen LogP contribution in [0.2, 0.25) is 0 Å². The smallest absolute Gasteiger partial charge is 0.250 e. The predicted octanol–water partition coefficient (Wildman–Crippen LogP) is 4.77. The fraction of sp³-hybridized carbons (Fsp3) is 0.286. The number of amides is 3. The lowest BCUT2D eigenvalue weighted by atomic mass is 9.70. The first-order chi connectivity index (χ1) is 21.4. The minimum Gasteiger partial charge on any atom is -0.394 e. The third-order valence-corrected chi connectivity index (χ3v) is 10.1. The number of aliphatic hydroxyl groups excluding tert-OH is 1. The number of hydrogen-bond acceptors (Lipinski definition) is 5. The number of fused-ring (bicyclic) bond motifs is 2. The normalized spacial score (nSPS) is 27.7. The first kappa shape index (κ1) is 28.7. The average Bonchev–Trinajstić information content (AvgIpc) is 3.64. The van der Waals surface area contributed by atoms with Gasteiger partial charge < -0.3 is 25.4 Å². The summed E-state index contributed by atoms with van der Waals surface area (Å²) >= 11 is 3.72. The number of likely N-dealkylation sites (tertiary alicyclic amines) is 1. The molecule has 224 valence electrons. The average molecular weight is 655 g/mol. The van der Waals surface area contributed by atoms with Gasteiger partial charge in [0, 0.05) is 16.2 Å². The molecule has 3 heterocycles. The topological polar surface area (TPSA) is 108 Å². The van der Waals surface area contributed by atoms with Crippen molar-refractivity contribution in [2.45, 2.75) is 41.5 Å². The molecule has 0 saturated carbocycles. The summed E-state index contributed by atoms with van der Waals surface area (Å²) in [6, 6.07) is 30.4. The molecule has 3 fully saturated rings. The molecule has 8 nitrogen and oxygen atoms in total. The van der Waals surface area contributed by atoms with E-state index in [1.165, 1.54) is 4.90 Å². The summed E-state index contributed by atoms with van der Waals surface area (Å²) in [5.74, 6) is -2.80. The summed E-state index contributed by atoms with van der Waals surface area (Å²) in [6.07, 6.45) is 0.125. The Kier molecular flexibility index (Phi) is 7.48. The number of nitrogens with one attached hydrogen (secondary N) is 2. The molecule has 0 aliphatic carbocycles. The van der Waals surface area contributed by atoms with Crippen LogP contribution in [-0.2, 0) is 25.5 Å². The number of ether oxygens (including phenoxy) is 1. The van der Waals surface area contributed by atoms with E-state index in [0.717, 1.165) is 16.3 Å². The highest BCUT2D eigenvalue weighted by atomic mass is 79.9. The third kappa shape index (κ3) is 4.80. The lowest BCUT2D eigenvalue weighted by molar-refractivity contribution is -0.143. The lowest BCUT2D eigenvalue weighted by Crippen LogP contribution is -2.57. The van der Waals surface area contributed by atoms with Gasteiger partial charge in [-0.1, -0.05) is 94.8 Å². The number of aliphatic hydroxyl groups is 1. The zero-order valence-corrected chi connectivity index (χ0v) is 25.4. The molecule has 4 aromatic rings. The van der Waals surface area contributed by atoms with Crippen LogP contribution in [-0.4, -0.2) is 63.0 Å². The van der Waals surface area contributed by atoms with Gasteiger partial charge in [-0.2, -0.15) is 0 Å². The van der Waals surface area contributed by atoms with Crippen LogP contribution >= 0.6 is 15.9 Å². The van der Waals surface area contributed by atoms with Gasteiger partial charge in [-0.3, -0.25) is 14.4 Å². The van der Waals surface area contributed by atoms with Crippen molar-refractivity contribution in [1.29, 1.82) is 0 Å². The Morgan fingerprint density at radius 3 is 2.27 bits per heavy atom. The van der Waals surface area contributed by atoms with Crippen molar-refractivity contribution in [3.05, 3.63) is 109 Å². The molecular formula is C35H32BrN3O5. The van der Waals surface area contributed by atoms with Gasteiger partial charge in [0.25, 0.3) is 0 Å². The first-order valence-electron chi connectivity index (χ1n) is 14.8. The van der Waals surface area contributed by atoms with Crippen LogP contribution in [0.25, 0.3) is 10.8 Å². The molecule has 1 spiro atoms. The number of alkyl halides is 1. The zero-order valence-electron chi connectivity index (χ0n) is 23.8. The van der Waals surface area contributed by atoms with Gasteiger partial charge in [0.2, 0.25) is 17.7 Å². The highest BCUT2D eigenvalue weighted by molar-refractivity contribution is 9.09. The van der Waals surface area contributed by atoms with Gasteiger partial charge in [-0.15, -0.1) is 0 Å². The Bertz CT molecular complexity index is 1720. The molecule has 9 heteroatoms. The summed E-state index contributed by atoms with van der Waals surface area (Å²) in [6.45, 7) is -0.356. The summed E-state index contributed by atoms with van der Waals surface area (Å²) in [4.78, 5) is 44.0. The molecule has 3 aliphatic rings. The molecule has 3 amide bonds. The molecule has 0 aromatic heterocycles. The van der Waals surface area contributed by atoms with Crippen LogP contribution < -0.4 is 10.6 Å². The number of nitrogens with zero attached hydrogens (tertiary/aromatic N) is 1. The zero-order chi connectivity index (χ0) is 30.4. The maximum Gasteiger partial charge on any atom is 0.250 e. The number of hydrogen-bond donors (Lipinski definition) is 3. The van der Waals surface area contributed by atoms with Crippen molar-refractivity contribution in [2.75, 3.05) is 17.2 Å². The van der Waals surface area contributed by atoms with Crippen LogP contribution in [0.4, 0.5) is 11.4 Å². The van der Waals surface area contributed by atoms with Gasteiger partial charge in [0.05, 0.1) is 30.6 Å². The van der Waals surface area contributed by atoms with Crippen LogP contribution in [0.1, 0.15) is 12.0 Å². The fourth-order valence-electron chi connectivity index (χ4n) is 7.42. The Balaban J connectivity index is 1.27. The Hall–Kier alpha value is -4.05. The number of benzene rings is 4. The molecule has 3 saturated heterocycles. The van der Waals surface area contributed by atoms with Crippen molar-refractivity contribution >= 4 is 55.8 Å². The van der Waals surface area contributed by atoms with Gasteiger partial charge in [0.1, 0.15) is 11.6 Å². The first-order valence-corrected chi connectivity index (χ1v) is 15.8. The molecule has 3 aliphatic heterocycles. The molecule has 0 radical (unpaired) electrons. The molecule has 2 bridgehead atoms. The second-order valence-electron chi connectivity index (χ2n) is 11.8. The monoisotopic (exact) mass is 653 g/mol. The van der Waals surface area contributed by atoms with E-state index in [9.17, 15) is 19.5 Å². The molecule has 44 heavy (non-hydrogen) atoms. The van der Waals surface area contributed by atoms with Crippen molar-refractivity contribution in [3.63, 3.8) is 0 Å². The summed E-state index contributed by atoms with van der Waals surface area (Å²) in [5, 5.41) is 18.7. The third-order valence-electron chi connectivity index (χ3n) is 9.25. The highest BCUT2D eigenvalue weighted by Crippen LogP contribution is 2.60. The van der Waals surface area contributed by atoms with Crippen LogP contribution in [0.15, 0.2) is 103 Å². The number of rotatable bonds is 8. The lowest BCUT2D eigenvalue weighted by Gasteiger charge is -2.37. The van der Waals surface area contributed by atoms with Crippen LogP contribution in [0.5, 0.6) is 0 Å². The quantitative estimate of drug-likeness (QED) is 0.238. The van der Waals surface area contributed by atoms with Gasteiger partial charge in [-0.25, -0.2) is 0 Å². The molecule has 4 aromatic carbocycles. The maximum absolute atomic E-state index is 14.5. The van der Waals surface area contributed by atoms with Gasteiger partial charge >= 0.3 is 0 Å². The van der Waals surface area contributed by atoms with Crippen molar-refractivity contribution in [2.24, 2.45) is 11.8 Å². The van der Waals surface area contributed by atoms with Gasteiger partial charge in [-0.05, 0) is 53.4 Å². The molecule has 7 atom stereocenters. The summed E-state index contributed by atoms with van der Waals surface area (Å²) in [5.41, 5.74) is 0.876. The number of anilines is 2. The number of carbonyl (C=O) groups excluding carboxylic acids is 3. The van der Waals surface area contributed by atoms with E-state index in [1.807, 2.05) is 91.0 Å². The minimum absolute atomic E-state index is 0.240. The Morgan fingerprint density at radius 2 is 1.55 bits per heavy atom. The number of halogens is 1. The van der Waals surface area contributed by atoms with Crippen LogP contribution in [0.3, 0.4) is 0 Å². The van der Waals surface area contributed by atoms with Crippen molar-refractivity contribution in [1.82, 2.24) is 4.90 Å². The molecule has 3 unspecified atom stereocenters. The Labute approximate surface area is 263 Å². The standard InChI is InChI=1S/C35H32BrN3O5/c36-27-19-35-29(28(30(27)44-35)32(41)37-24-13-5-2-6-14-24)34(43)39(26(20-40)17-21-9-3-1-4-10-21)31(35)33(42)38-25-16-15-22-11-7-8-12-23(22)18-25/h1-16,18,26-31,40H,17,19-20H2,(H,37,41)(H,38,42)/t26-,27?,28+,29+,30+,31?,35?/m1/s1. The van der Waals surface area contributed by atoms with E-state index in [1.54, 1.807) is 12.1 Å². The fourth-order valence-corrected chi connectivity index (χ4v) is 8.36. The molecular weight excluding hydrogens is 622 g/mol. The summed E-state index contributed by atoms with van der Waals surface area (Å²) < 4.78 is 6.64. The van der Waals surface area contributed by atoms with E-state index in [-0.39, 0.29) is 23.2 Å². The van der Waals surface area contributed by atoms with E-state index >= 15 is 0 Å². The van der Waals surface area contributed by atoms with E-state index in [2.05, 4.69) is 26.6 Å². The SMILES string of the molecule is O=C(Nc1ccc2ccccc2c1)C1N([C@@H](CO)Cc2ccccc2)C(=O)[C@@H]2[C@H](C(=O)Nc3ccccc3)[C@H]3OC12CC3Br. The second kappa shape index (κ2) is 11.5. The molecule has 3 N–H and O–H groups in total. The number of carbonyl (C=O) groups is 3. The predicted molar refractivity (Wildman–Crippen MR) is 171 cm³/mol. The summed E-state index contributed by atoms with van der Waals surface area (Å²) in [7, 11) is 0. The van der Waals surface area contributed by atoms with E-state index in [0.29, 0.717) is 24.2 Å². The van der Waals surface area contributed by atoms with Crippen molar-refractivity contribution in [3.8, 4) is 0 Å². The second-order valence-corrected chi connectivity index (χ2v) is 13.0. The molecule has 7 rings (SSSR count). The number of para-hydroxylation sites is 1.